The zero-order chi connectivity index (χ0) is 10.8. The lowest BCUT2D eigenvalue weighted by atomic mass is 10.1. The van der Waals surface area contributed by atoms with E-state index in [1.54, 1.807) is 6.07 Å². The molecule has 4 nitrogen and oxygen atoms in total. The Bertz CT molecular complexity index is 370. The Kier molecular flexibility index (Phi) is 3.14. The molecule has 0 spiro atoms. The van der Waals surface area contributed by atoms with Crippen LogP contribution in [0.5, 0.6) is 11.5 Å². The van der Waals surface area contributed by atoms with E-state index in [1.807, 2.05) is 6.07 Å². The number of benzene rings is 1. The summed E-state index contributed by atoms with van der Waals surface area (Å²) in [5.41, 5.74) is 6.56. The first kappa shape index (κ1) is 10.7. The second-order valence-electron chi connectivity index (χ2n) is 3.32. The number of nitrogens with two attached hydrogens (primary N) is 1. The van der Waals surface area contributed by atoms with Gasteiger partial charge in [-0.3, -0.25) is 0 Å². The number of halogens is 1. The van der Waals surface area contributed by atoms with E-state index in [1.165, 1.54) is 0 Å². The van der Waals surface area contributed by atoms with Crippen LogP contribution in [-0.4, -0.2) is 24.9 Å². The first-order valence-electron chi connectivity index (χ1n) is 4.68. The third kappa shape index (κ3) is 2.09. The molecule has 1 atom stereocenters. The Morgan fingerprint density at radius 1 is 1.40 bits per heavy atom. The summed E-state index contributed by atoms with van der Waals surface area (Å²) in [5, 5.41) is 8.97. The molecule has 0 fully saturated rings. The highest BCUT2D eigenvalue weighted by atomic mass is 79.9. The highest BCUT2D eigenvalue weighted by molar-refractivity contribution is 9.10. The molecule has 0 amide bonds. The number of rotatable bonds is 2. The second-order valence-corrected chi connectivity index (χ2v) is 4.17. The fraction of sp³-hybridized carbons (Fsp3) is 0.400. The normalized spacial score (nSPS) is 16.2. The minimum Gasteiger partial charge on any atom is -0.486 e. The predicted molar refractivity (Wildman–Crippen MR) is 59.1 cm³/mol. The van der Waals surface area contributed by atoms with Gasteiger partial charge >= 0.3 is 0 Å². The number of hydrogen-bond donors (Lipinski definition) is 2. The van der Waals surface area contributed by atoms with Crippen molar-refractivity contribution in [2.75, 3.05) is 19.8 Å². The maximum atomic E-state index is 8.97. The molecule has 2 rings (SSSR count). The monoisotopic (exact) mass is 273 g/mol. The molecule has 1 heterocycles. The molecule has 1 aliphatic rings. The van der Waals surface area contributed by atoms with Gasteiger partial charge in [0.25, 0.3) is 0 Å². The van der Waals surface area contributed by atoms with Crippen LogP contribution in [-0.2, 0) is 0 Å². The van der Waals surface area contributed by atoms with Gasteiger partial charge in [0, 0.05) is 0 Å². The molecule has 15 heavy (non-hydrogen) atoms. The summed E-state index contributed by atoms with van der Waals surface area (Å²) in [6, 6.07) is 3.26. The summed E-state index contributed by atoms with van der Waals surface area (Å²) in [7, 11) is 0. The van der Waals surface area contributed by atoms with Gasteiger partial charge in [0.2, 0.25) is 0 Å². The summed E-state index contributed by atoms with van der Waals surface area (Å²) in [5.74, 6) is 1.38. The van der Waals surface area contributed by atoms with E-state index in [9.17, 15) is 0 Å². The third-order valence-electron chi connectivity index (χ3n) is 2.24. The molecule has 0 radical (unpaired) electrons. The molecule has 5 heteroatoms. The van der Waals surface area contributed by atoms with Crippen molar-refractivity contribution in [1.82, 2.24) is 0 Å². The maximum absolute atomic E-state index is 8.97. The van der Waals surface area contributed by atoms with Crippen molar-refractivity contribution in [3.05, 3.63) is 22.2 Å². The Morgan fingerprint density at radius 3 is 2.87 bits per heavy atom. The van der Waals surface area contributed by atoms with E-state index in [2.05, 4.69) is 15.9 Å². The summed E-state index contributed by atoms with van der Waals surface area (Å²) in [4.78, 5) is 0. The molecule has 0 aromatic heterocycles. The highest BCUT2D eigenvalue weighted by Crippen LogP contribution is 2.39. The molecular formula is C10H12BrNO3. The molecule has 0 saturated carbocycles. The van der Waals surface area contributed by atoms with E-state index >= 15 is 0 Å². The second kappa shape index (κ2) is 4.38. The molecule has 1 unspecified atom stereocenters. The fourth-order valence-electron chi connectivity index (χ4n) is 1.45. The van der Waals surface area contributed by atoms with Gasteiger partial charge in [-0.25, -0.2) is 0 Å². The first-order valence-corrected chi connectivity index (χ1v) is 5.47. The molecule has 0 aliphatic carbocycles. The van der Waals surface area contributed by atoms with Crippen molar-refractivity contribution in [1.29, 1.82) is 0 Å². The van der Waals surface area contributed by atoms with Crippen LogP contribution in [0, 0.1) is 0 Å². The lowest BCUT2D eigenvalue weighted by Crippen LogP contribution is -2.18. The SMILES string of the molecule is NC(CO)c1cc(Br)c2c(c1)OCCO2. The largest absolute Gasteiger partial charge is 0.486 e. The molecule has 3 N–H and O–H groups in total. The molecule has 0 saturated heterocycles. The minimum absolute atomic E-state index is 0.0912. The average molecular weight is 274 g/mol. The van der Waals surface area contributed by atoms with Crippen molar-refractivity contribution in [2.24, 2.45) is 5.73 Å². The number of hydrogen-bond acceptors (Lipinski definition) is 4. The lowest BCUT2D eigenvalue weighted by molar-refractivity contribution is 0.170. The van der Waals surface area contributed by atoms with Crippen molar-refractivity contribution < 1.29 is 14.6 Å². The highest BCUT2D eigenvalue weighted by Gasteiger charge is 2.18. The topological polar surface area (TPSA) is 64.7 Å². The van der Waals surface area contributed by atoms with Crippen LogP contribution in [0.3, 0.4) is 0 Å². The van der Waals surface area contributed by atoms with E-state index in [0.717, 1.165) is 10.0 Å². The average Bonchev–Trinajstić information content (AvgIpc) is 2.28. The van der Waals surface area contributed by atoms with Gasteiger partial charge in [0.15, 0.2) is 11.5 Å². The van der Waals surface area contributed by atoms with E-state index in [0.29, 0.717) is 24.7 Å². The van der Waals surface area contributed by atoms with E-state index in [4.69, 9.17) is 20.3 Å². The van der Waals surface area contributed by atoms with Crippen molar-refractivity contribution in [2.45, 2.75) is 6.04 Å². The Morgan fingerprint density at radius 2 is 2.13 bits per heavy atom. The van der Waals surface area contributed by atoms with Crippen molar-refractivity contribution in [3.63, 3.8) is 0 Å². The third-order valence-corrected chi connectivity index (χ3v) is 2.83. The summed E-state index contributed by atoms with van der Waals surface area (Å²) in [6.07, 6.45) is 0. The first-order chi connectivity index (χ1) is 7.22. The van der Waals surface area contributed by atoms with Crippen LogP contribution in [0.1, 0.15) is 11.6 Å². The van der Waals surface area contributed by atoms with Gasteiger partial charge in [-0.05, 0) is 33.6 Å². The van der Waals surface area contributed by atoms with Crippen molar-refractivity contribution >= 4 is 15.9 Å². The van der Waals surface area contributed by atoms with Gasteiger partial charge < -0.3 is 20.3 Å². The van der Waals surface area contributed by atoms with E-state index < -0.39 is 6.04 Å². The number of ether oxygens (including phenoxy) is 2. The van der Waals surface area contributed by atoms with E-state index in [-0.39, 0.29) is 6.61 Å². The van der Waals surface area contributed by atoms with Gasteiger partial charge in [-0.15, -0.1) is 0 Å². The molecule has 82 valence electrons. The van der Waals surface area contributed by atoms with Gasteiger partial charge in [-0.2, -0.15) is 0 Å². The summed E-state index contributed by atoms with van der Waals surface area (Å²) < 4.78 is 11.7. The number of aliphatic hydroxyl groups is 1. The lowest BCUT2D eigenvalue weighted by Gasteiger charge is -2.21. The maximum Gasteiger partial charge on any atom is 0.175 e. The summed E-state index contributed by atoms with van der Waals surface area (Å²) >= 11 is 3.39. The van der Waals surface area contributed by atoms with Crippen LogP contribution >= 0.6 is 15.9 Å². The van der Waals surface area contributed by atoms with Crippen LogP contribution in [0.4, 0.5) is 0 Å². The fourth-order valence-corrected chi connectivity index (χ4v) is 2.02. The Balaban J connectivity index is 2.40. The molecular weight excluding hydrogens is 262 g/mol. The zero-order valence-corrected chi connectivity index (χ0v) is 9.66. The standard InChI is InChI=1S/C10H12BrNO3/c11-7-3-6(8(12)5-13)4-9-10(7)15-2-1-14-9/h3-4,8,13H,1-2,5,12H2. The van der Waals surface area contributed by atoms with Crippen LogP contribution in [0.15, 0.2) is 16.6 Å². The van der Waals surface area contributed by atoms with Crippen LogP contribution in [0.2, 0.25) is 0 Å². The van der Waals surface area contributed by atoms with Crippen molar-refractivity contribution in [3.8, 4) is 11.5 Å². The quantitative estimate of drug-likeness (QED) is 0.850. The number of aliphatic hydroxyl groups excluding tert-OH is 1. The minimum atomic E-state index is -0.392. The van der Waals surface area contributed by atoms with Crippen LogP contribution in [0.25, 0.3) is 0 Å². The van der Waals surface area contributed by atoms with Gasteiger partial charge in [-0.1, -0.05) is 0 Å². The predicted octanol–water partition coefficient (Wildman–Crippen LogP) is 1.21. The smallest absolute Gasteiger partial charge is 0.175 e. The Hall–Kier alpha value is -0.780. The number of fused-ring (bicyclic) bond motifs is 1. The van der Waals surface area contributed by atoms with Crippen LogP contribution < -0.4 is 15.2 Å². The molecule has 1 aliphatic heterocycles. The molecule has 1 aromatic rings. The van der Waals surface area contributed by atoms with Gasteiger partial charge in [0.1, 0.15) is 13.2 Å². The zero-order valence-electron chi connectivity index (χ0n) is 8.07. The van der Waals surface area contributed by atoms with Gasteiger partial charge in [0.05, 0.1) is 17.1 Å². The molecule has 0 bridgehead atoms. The Labute approximate surface area is 96.1 Å². The molecule has 1 aromatic carbocycles. The summed E-state index contributed by atoms with van der Waals surface area (Å²) in [6.45, 7) is 1.00.